The number of aryl methyl sites for hydroxylation is 1. The lowest BCUT2D eigenvalue weighted by Gasteiger charge is -2.07. The summed E-state index contributed by atoms with van der Waals surface area (Å²) in [4.78, 5) is 0.168. The van der Waals surface area contributed by atoms with Crippen LogP contribution in [0.2, 0.25) is 5.02 Å². The van der Waals surface area contributed by atoms with E-state index in [4.69, 9.17) is 11.6 Å². The first-order chi connectivity index (χ1) is 6.99. The van der Waals surface area contributed by atoms with Crippen LogP contribution >= 0.6 is 11.6 Å². The third kappa shape index (κ3) is 2.51. The molecule has 0 bridgehead atoms. The molecule has 0 aromatic heterocycles. The van der Waals surface area contributed by atoms with Crippen LogP contribution in [0.15, 0.2) is 23.1 Å². The van der Waals surface area contributed by atoms with E-state index < -0.39 is 10.0 Å². The van der Waals surface area contributed by atoms with Crippen molar-refractivity contribution in [1.82, 2.24) is 4.72 Å². The van der Waals surface area contributed by atoms with E-state index in [2.05, 4.69) is 4.72 Å². The van der Waals surface area contributed by atoms with Gasteiger partial charge < -0.3 is 0 Å². The first-order valence-corrected chi connectivity index (χ1v) is 6.63. The molecule has 1 aliphatic rings. The zero-order chi connectivity index (χ0) is 11.1. The van der Waals surface area contributed by atoms with Crippen LogP contribution in [-0.2, 0) is 10.0 Å². The molecular weight excluding hydrogens is 234 g/mol. The summed E-state index contributed by atoms with van der Waals surface area (Å²) >= 11 is 5.90. The lowest BCUT2D eigenvalue weighted by atomic mass is 10.2. The van der Waals surface area contributed by atoms with E-state index in [0.29, 0.717) is 0 Å². The summed E-state index contributed by atoms with van der Waals surface area (Å²) in [5.74, 6) is 0. The van der Waals surface area contributed by atoms with Crippen LogP contribution in [-0.4, -0.2) is 14.5 Å². The Balaban J connectivity index is 2.34. The third-order valence-electron chi connectivity index (χ3n) is 2.28. The lowest BCUT2D eigenvalue weighted by Crippen LogP contribution is -2.25. The zero-order valence-corrected chi connectivity index (χ0v) is 9.90. The second-order valence-corrected chi connectivity index (χ2v) is 5.92. The molecule has 0 saturated heterocycles. The van der Waals surface area contributed by atoms with Gasteiger partial charge in [0.05, 0.1) is 5.02 Å². The number of benzene rings is 1. The van der Waals surface area contributed by atoms with Gasteiger partial charge in [-0.05, 0) is 37.5 Å². The normalized spacial score (nSPS) is 16.7. The molecule has 1 N–H and O–H groups in total. The molecule has 0 aliphatic heterocycles. The van der Waals surface area contributed by atoms with Gasteiger partial charge in [-0.15, -0.1) is 0 Å². The Kier molecular flexibility index (Phi) is 2.75. The maximum absolute atomic E-state index is 11.8. The van der Waals surface area contributed by atoms with Gasteiger partial charge in [0.15, 0.2) is 0 Å². The number of hydrogen-bond acceptors (Lipinski definition) is 2. The van der Waals surface area contributed by atoms with Gasteiger partial charge in [-0.3, -0.25) is 0 Å². The van der Waals surface area contributed by atoms with Gasteiger partial charge >= 0.3 is 0 Å². The monoisotopic (exact) mass is 245 g/mol. The van der Waals surface area contributed by atoms with E-state index in [1.165, 1.54) is 0 Å². The molecule has 82 valence electrons. The summed E-state index contributed by atoms with van der Waals surface area (Å²) in [5, 5.41) is 0.281. The fourth-order valence-corrected chi connectivity index (χ4v) is 3.21. The first-order valence-electron chi connectivity index (χ1n) is 4.77. The molecule has 0 amide bonds. The van der Waals surface area contributed by atoms with Gasteiger partial charge in [-0.1, -0.05) is 17.7 Å². The van der Waals surface area contributed by atoms with Crippen molar-refractivity contribution >= 4 is 21.6 Å². The molecular formula is C10H12ClNO2S. The highest BCUT2D eigenvalue weighted by atomic mass is 35.5. The minimum atomic E-state index is -3.43. The molecule has 1 saturated carbocycles. The van der Waals surface area contributed by atoms with E-state index in [1.54, 1.807) is 18.2 Å². The van der Waals surface area contributed by atoms with Gasteiger partial charge in [0.1, 0.15) is 4.90 Å². The van der Waals surface area contributed by atoms with Crippen LogP contribution in [0.3, 0.4) is 0 Å². The standard InChI is InChI=1S/C10H12ClNO2S/c1-7-2-5-10(9(11)6-7)15(13,14)12-8-3-4-8/h2,5-6,8,12H,3-4H2,1H3. The Labute approximate surface area is 94.5 Å². The molecule has 0 radical (unpaired) electrons. The summed E-state index contributed by atoms with van der Waals surface area (Å²) in [6.07, 6.45) is 1.84. The molecule has 3 nitrogen and oxygen atoms in total. The second kappa shape index (κ2) is 3.77. The molecule has 1 aromatic carbocycles. The third-order valence-corrected chi connectivity index (χ3v) is 4.28. The van der Waals surface area contributed by atoms with Crippen molar-refractivity contribution < 1.29 is 8.42 Å². The van der Waals surface area contributed by atoms with E-state index in [1.807, 2.05) is 6.92 Å². The fraction of sp³-hybridized carbons (Fsp3) is 0.400. The van der Waals surface area contributed by atoms with E-state index in [-0.39, 0.29) is 16.0 Å². The number of nitrogens with one attached hydrogen (secondary N) is 1. The van der Waals surface area contributed by atoms with E-state index in [9.17, 15) is 8.42 Å². The average molecular weight is 246 g/mol. The number of sulfonamides is 1. The Morgan fingerprint density at radius 1 is 1.40 bits per heavy atom. The molecule has 1 aromatic rings. The smallest absolute Gasteiger partial charge is 0.208 e. The van der Waals surface area contributed by atoms with Crippen molar-refractivity contribution in [2.75, 3.05) is 0 Å². The molecule has 0 spiro atoms. The highest BCUT2D eigenvalue weighted by Crippen LogP contribution is 2.26. The van der Waals surface area contributed by atoms with Crippen molar-refractivity contribution in [3.05, 3.63) is 28.8 Å². The van der Waals surface area contributed by atoms with E-state index in [0.717, 1.165) is 18.4 Å². The molecule has 1 fully saturated rings. The highest BCUT2D eigenvalue weighted by Gasteiger charge is 2.28. The van der Waals surface area contributed by atoms with Gasteiger partial charge in [0.25, 0.3) is 0 Å². The molecule has 5 heteroatoms. The van der Waals surface area contributed by atoms with Crippen LogP contribution in [0.4, 0.5) is 0 Å². The van der Waals surface area contributed by atoms with Crippen LogP contribution in [0.25, 0.3) is 0 Å². The summed E-state index contributed by atoms with van der Waals surface area (Å²) in [6, 6.07) is 5.05. The molecule has 0 atom stereocenters. The molecule has 2 rings (SSSR count). The topological polar surface area (TPSA) is 46.2 Å². The molecule has 1 aliphatic carbocycles. The van der Waals surface area contributed by atoms with Crippen molar-refractivity contribution in [3.8, 4) is 0 Å². The van der Waals surface area contributed by atoms with Crippen molar-refractivity contribution in [2.45, 2.75) is 30.7 Å². The van der Waals surface area contributed by atoms with Gasteiger partial charge in [-0.2, -0.15) is 0 Å². The van der Waals surface area contributed by atoms with E-state index >= 15 is 0 Å². The van der Waals surface area contributed by atoms with Gasteiger partial charge in [-0.25, -0.2) is 13.1 Å². The van der Waals surface area contributed by atoms with Crippen molar-refractivity contribution in [1.29, 1.82) is 0 Å². The Morgan fingerprint density at radius 2 is 2.07 bits per heavy atom. The highest BCUT2D eigenvalue weighted by molar-refractivity contribution is 7.89. The Morgan fingerprint density at radius 3 is 2.60 bits per heavy atom. The molecule has 0 heterocycles. The maximum Gasteiger partial charge on any atom is 0.242 e. The molecule has 15 heavy (non-hydrogen) atoms. The second-order valence-electron chi connectivity index (χ2n) is 3.83. The summed E-state index contributed by atoms with van der Waals surface area (Å²) in [7, 11) is -3.43. The summed E-state index contributed by atoms with van der Waals surface area (Å²) in [6.45, 7) is 1.87. The quantitative estimate of drug-likeness (QED) is 0.887. The lowest BCUT2D eigenvalue weighted by molar-refractivity contribution is 0.581. The van der Waals surface area contributed by atoms with Crippen LogP contribution < -0.4 is 4.72 Å². The minimum Gasteiger partial charge on any atom is -0.208 e. The predicted octanol–water partition coefficient (Wildman–Crippen LogP) is 2.09. The van der Waals surface area contributed by atoms with Crippen LogP contribution in [0, 0.1) is 6.92 Å². The SMILES string of the molecule is Cc1ccc(S(=O)(=O)NC2CC2)c(Cl)c1. The Hall–Kier alpha value is -0.580. The van der Waals surface area contributed by atoms with Crippen molar-refractivity contribution in [2.24, 2.45) is 0 Å². The van der Waals surface area contributed by atoms with Crippen LogP contribution in [0.1, 0.15) is 18.4 Å². The number of hydrogen-bond donors (Lipinski definition) is 1. The maximum atomic E-state index is 11.8. The summed E-state index contributed by atoms with van der Waals surface area (Å²) < 4.78 is 26.2. The van der Waals surface area contributed by atoms with Crippen molar-refractivity contribution in [3.63, 3.8) is 0 Å². The summed E-state index contributed by atoms with van der Waals surface area (Å²) in [5.41, 5.74) is 0.949. The number of halogens is 1. The minimum absolute atomic E-state index is 0.104. The average Bonchev–Trinajstić information content (AvgIpc) is 2.86. The zero-order valence-electron chi connectivity index (χ0n) is 8.33. The van der Waals surface area contributed by atoms with Gasteiger partial charge in [0, 0.05) is 6.04 Å². The first kappa shape index (κ1) is 10.9. The fourth-order valence-electron chi connectivity index (χ4n) is 1.31. The predicted molar refractivity (Wildman–Crippen MR) is 59.5 cm³/mol. The Bertz CT molecular complexity index is 480. The largest absolute Gasteiger partial charge is 0.242 e. The number of rotatable bonds is 3. The van der Waals surface area contributed by atoms with Crippen LogP contribution in [0.5, 0.6) is 0 Å². The van der Waals surface area contributed by atoms with Gasteiger partial charge in [0.2, 0.25) is 10.0 Å². The molecule has 0 unspecified atom stereocenters.